The second-order valence-electron chi connectivity index (χ2n) is 5.22. The van der Waals surface area contributed by atoms with Crippen molar-refractivity contribution in [3.05, 3.63) is 35.9 Å². The number of carbonyl (C=O) groups is 1. The maximum atomic E-state index is 12.1. The Balaban J connectivity index is 0.00000200. The first-order valence-corrected chi connectivity index (χ1v) is 6.92. The average molecular weight is 298 g/mol. The molecular weight excluding hydrogens is 274 g/mol. The number of carbonyl (C=O) groups excluding carboxylic acids is 1. The molecule has 1 aromatic rings. The first-order chi connectivity index (χ1) is 9.20. The number of nitrogens with two attached hydrogens (primary N) is 1. The largest absolute Gasteiger partial charge is 0.342 e. The molecule has 2 N–H and O–H groups in total. The molecule has 0 saturated heterocycles. The van der Waals surface area contributed by atoms with Gasteiger partial charge in [0.2, 0.25) is 5.91 Å². The molecule has 0 bridgehead atoms. The molecule has 5 heteroatoms. The summed E-state index contributed by atoms with van der Waals surface area (Å²) in [4.78, 5) is 16.1. The van der Waals surface area contributed by atoms with E-state index in [2.05, 4.69) is 17.0 Å². The highest BCUT2D eigenvalue weighted by Gasteiger charge is 2.29. The number of benzene rings is 1. The lowest BCUT2D eigenvalue weighted by atomic mass is 10.2. The molecule has 0 spiro atoms. The van der Waals surface area contributed by atoms with Gasteiger partial charge in [-0.2, -0.15) is 0 Å². The Hall–Kier alpha value is -1.10. The molecule has 2 rings (SSSR count). The van der Waals surface area contributed by atoms with Gasteiger partial charge < -0.3 is 10.6 Å². The molecule has 1 fully saturated rings. The van der Waals surface area contributed by atoms with Crippen LogP contribution in [0.4, 0.5) is 0 Å². The van der Waals surface area contributed by atoms with E-state index in [0.717, 1.165) is 25.9 Å². The van der Waals surface area contributed by atoms with Crippen molar-refractivity contribution >= 4 is 18.3 Å². The normalized spacial score (nSPS) is 13.9. The number of halogens is 1. The summed E-state index contributed by atoms with van der Waals surface area (Å²) < 4.78 is 0. The van der Waals surface area contributed by atoms with Gasteiger partial charge in [0.25, 0.3) is 0 Å². The van der Waals surface area contributed by atoms with Crippen LogP contribution in [0.3, 0.4) is 0 Å². The Labute approximate surface area is 127 Å². The van der Waals surface area contributed by atoms with Gasteiger partial charge in [-0.1, -0.05) is 30.3 Å². The summed E-state index contributed by atoms with van der Waals surface area (Å²) in [5, 5.41) is 0. The molecule has 1 amide bonds. The molecule has 1 saturated carbocycles. The summed E-state index contributed by atoms with van der Waals surface area (Å²) in [6.45, 7) is 2.56. The monoisotopic (exact) mass is 297 g/mol. The lowest BCUT2D eigenvalue weighted by molar-refractivity contribution is -0.131. The zero-order valence-electron chi connectivity index (χ0n) is 12.0. The quantitative estimate of drug-likeness (QED) is 0.829. The summed E-state index contributed by atoms with van der Waals surface area (Å²) in [5.41, 5.74) is 6.86. The molecule has 0 heterocycles. The lowest BCUT2D eigenvalue weighted by Gasteiger charge is -2.24. The van der Waals surface area contributed by atoms with Crippen LogP contribution in [0, 0.1) is 0 Å². The Morgan fingerprint density at radius 3 is 2.50 bits per heavy atom. The van der Waals surface area contributed by atoms with Crippen LogP contribution in [0.2, 0.25) is 0 Å². The zero-order chi connectivity index (χ0) is 13.7. The van der Waals surface area contributed by atoms with Crippen molar-refractivity contribution in [2.75, 3.05) is 26.7 Å². The third-order valence-electron chi connectivity index (χ3n) is 3.54. The summed E-state index contributed by atoms with van der Waals surface area (Å²) >= 11 is 0. The van der Waals surface area contributed by atoms with Gasteiger partial charge in [0.05, 0.1) is 6.54 Å². The van der Waals surface area contributed by atoms with Crippen molar-refractivity contribution < 1.29 is 4.79 Å². The fourth-order valence-electron chi connectivity index (χ4n) is 2.21. The molecule has 112 valence electrons. The van der Waals surface area contributed by atoms with Gasteiger partial charge >= 0.3 is 0 Å². The van der Waals surface area contributed by atoms with Gasteiger partial charge in [-0.3, -0.25) is 9.69 Å². The molecule has 1 aliphatic rings. The lowest BCUT2D eigenvalue weighted by Crippen LogP contribution is -2.40. The molecule has 0 aliphatic heterocycles. The SMILES string of the molecule is CN(C(=O)CN(CCN)Cc1ccccc1)C1CC1.Cl. The number of likely N-dealkylation sites (N-methyl/N-ethyl adjacent to an activating group) is 1. The van der Waals surface area contributed by atoms with E-state index >= 15 is 0 Å². The maximum Gasteiger partial charge on any atom is 0.236 e. The van der Waals surface area contributed by atoms with Gasteiger partial charge in [0.15, 0.2) is 0 Å². The van der Waals surface area contributed by atoms with Crippen molar-refractivity contribution in [3.63, 3.8) is 0 Å². The van der Waals surface area contributed by atoms with Crippen LogP contribution in [-0.2, 0) is 11.3 Å². The van der Waals surface area contributed by atoms with Crippen molar-refractivity contribution in [2.24, 2.45) is 5.73 Å². The Kier molecular flexibility index (Phi) is 6.99. The van der Waals surface area contributed by atoms with E-state index < -0.39 is 0 Å². The van der Waals surface area contributed by atoms with Gasteiger partial charge in [0, 0.05) is 32.7 Å². The summed E-state index contributed by atoms with van der Waals surface area (Å²) in [5.74, 6) is 0.201. The average Bonchev–Trinajstić information content (AvgIpc) is 3.23. The maximum absolute atomic E-state index is 12.1. The van der Waals surface area contributed by atoms with Crippen LogP contribution in [0.1, 0.15) is 18.4 Å². The van der Waals surface area contributed by atoms with E-state index in [1.165, 1.54) is 5.56 Å². The highest BCUT2D eigenvalue weighted by Crippen LogP contribution is 2.25. The number of nitrogens with zero attached hydrogens (tertiary/aromatic N) is 2. The molecular formula is C15H24ClN3O. The van der Waals surface area contributed by atoms with E-state index in [1.807, 2.05) is 30.1 Å². The molecule has 4 nitrogen and oxygen atoms in total. The van der Waals surface area contributed by atoms with Gasteiger partial charge in [-0.05, 0) is 18.4 Å². The first-order valence-electron chi connectivity index (χ1n) is 6.92. The highest BCUT2D eigenvalue weighted by molar-refractivity contribution is 5.85. The molecule has 0 radical (unpaired) electrons. The van der Waals surface area contributed by atoms with E-state index in [9.17, 15) is 4.79 Å². The minimum absolute atomic E-state index is 0. The fraction of sp³-hybridized carbons (Fsp3) is 0.533. The van der Waals surface area contributed by atoms with E-state index in [1.54, 1.807) is 0 Å². The van der Waals surface area contributed by atoms with Crippen molar-refractivity contribution in [2.45, 2.75) is 25.4 Å². The number of rotatable bonds is 7. The minimum Gasteiger partial charge on any atom is -0.342 e. The van der Waals surface area contributed by atoms with Crippen LogP contribution in [-0.4, -0.2) is 48.4 Å². The minimum atomic E-state index is 0. The number of amides is 1. The van der Waals surface area contributed by atoms with Crippen molar-refractivity contribution in [1.29, 1.82) is 0 Å². The van der Waals surface area contributed by atoms with Crippen LogP contribution in [0.25, 0.3) is 0 Å². The third-order valence-corrected chi connectivity index (χ3v) is 3.54. The van der Waals surface area contributed by atoms with Crippen LogP contribution in [0.15, 0.2) is 30.3 Å². The smallest absolute Gasteiger partial charge is 0.236 e. The predicted octanol–water partition coefficient (Wildman–Crippen LogP) is 1.49. The van der Waals surface area contributed by atoms with Gasteiger partial charge in [-0.15, -0.1) is 12.4 Å². The molecule has 1 aliphatic carbocycles. The summed E-state index contributed by atoms with van der Waals surface area (Å²) in [6.07, 6.45) is 2.30. The Morgan fingerprint density at radius 2 is 1.95 bits per heavy atom. The van der Waals surface area contributed by atoms with Crippen LogP contribution in [0.5, 0.6) is 0 Å². The second-order valence-corrected chi connectivity index (χ2v) is 5.22. The van der Waals surface area contributed by atoms with E-state index in [-0.39, 0.29) is 18.3 Å². The second kappa shape index (κ2) is 8.25. The molecule has 0 aromatic heterocycles. The first kappa shape index (κ1) is 17.0. The predicted molar refractivity (Wildman–Crippen MR) is 83.8 cm³/mol. The summed E-state index contributed by atoms with van der Waals surface area (Å²) in [7, 11) is 1.91. The van der Waals surface area contributed by atoms with E-state index in [0.29, 0.717) is 19.1 Å². The standard InChI is InChI=1S/C15H23N3O.ClH/c1-17(14-7-8-14)15(19)12-18(10-9-16)11-13-5-3-2-4-6-13;/h2-6,14H,7-12,16H2,1H3;1H. The molecule has 0 unspecified atom stereocenters. The highest BCUT2D eigenvalue weighted by atomic mass is 35.5. The third kappa shape index (κ3) is 5.12. The van der Waals surface area contributed by atoms with Crippen LogP contribution >= 0.6 is 12.4 Å². The van der Waals surface area contributed by atoms with E-state index in [4.69, 9.17) is 5.73 Å². The van der Waals surface area contributed by atoms with Crippen molar-refractivity contribution in [3.8, 4) is 0 Å². The Bertz CT molecular complexity index is 409. The summed E-state index contributed by atoms with van der Waals surface area (Å²) in [6, 6.07) is 10.7. The van der Waals surface area contributed by atoms with Crippen molar-refractivity contribution in [1.82, 2.24) is 9.80 Å². The number of hydrogen-bond acceptors (Lipinski definition) is 3. The van der Waals surface area contributed by atoms with Gasteiger partial charge in [0.1, 0.15) is 0 Å². The van der Waals surface area contributed by atoms with Gasteiger partial charge in [-0.25, -0.2) is 0 Å². The molecule has 1 aromatic carbocycles. The zero-order valence-corrected chi connectivity index (χ0v) is 12.8. The number of hydrogen-bond donors (Lipinski definition) is 1. The fourth-order valence-corrected chi connectivity index (χ4v) is 2.21. The Morgan fingerprint density at radius 1 is 1.30 bits per heavy atom. The molecule has 0 atom stereocenters. The topological polar surface area (TPSA) is 49.6 Å². The van der Waals surface area contributed by atoms with Crippen LogP contribution < -0.4 is 5.73 Å². The molecule has 20 heavy (non-hydrogen) atoms.